The van der Waals surface area contributed by atoms with Crippen LogP contribution in [0.15, 0.2) is 41.4 Å². The minimum absolute atomic E-state index is 0.250. The maximum atomic E-state index is 6.25. The minimum atomic E-state index is -0.442. The molecule has 1 heterocycles. The number of benzene rings is 2. The van der Waals surface area contributed by atoms with Crippen molar-refractivity contribution in [2.45, 2.75) is 25.5 Å². The molecule has 2 aromatic carbocycles. The molecule has 6 nitrogen and oxygen atoms in total. The molecule has 144 valence electrons. The number of ether oxygens (including phenoxy) is 5. The highest BCUT2D eigenvalue weighted by Gasteiger charge is 2.40. The fourth-order valence-electron chi connectivity index (χ4n) is 3.20. The third kappa shape index (κ3) is 3.52. The van der Waals surface area contributed by atoms with Gasteiger partial charge < -0.3 is 23.7 Å². The summed E-state index contributed by atoms with van der Waals surface area (Å²) in [5.41, 5.74) is 1.36. The van der Waals surface area contributed by atoms with Gasteiger partial charge in [-0.3, -0.25) is 0 Å². The van der Waals surface area contributed by atoms with Crippen LogP contribution in [-0.4, -0.2) is 39.9 Å². The van der Waals surface area contributed by atoms with Crippen molar-refractivity contribution in [3.8, 4) is 23.0 Å². The predicted molar refractivity (Wildman–Crippen MR) is 104 cm³/mol. The Morgan fingerprint density at radius 3 is 1.93 bits per heavy atom. The average Bonchev–Trinajstić information content (AvgIpc) is 3.01. The molecule has 27 heavy (non-hydrogen) atoms. The summed E-state index contributed by atoms with van der Waals surface area (Å²) in [6.45, 7) is 4.09. The fraction of sp³-hybridized carbons (Fsp3) is 0.381. The Kier molecular flexibility index (Phi) is 5.17. The van der Waals surface area contributed by atoms with E-state index in [-0.39, 0.29) is 6.10 Å². The third-order valence-corrected chi connectivity index (χ3v) is 4.60. The number of hydrogen-bond donors (Lipinski definition) is 0. The smallest absolute Gasteiger partial charge is 0.217 e. The number of nitrogens with zero attached hydrogens (tertiary/aromatic N) is 1. The topological polar surface area (TPSA) is 58.5 Å². The van der Waals surface area contributed by atoms with Crippen LogP contribution in [0.3, 0.4) is 0 Å². The summed E-state index contributed by atoms with van der Waals surface area (Å²) in [6, 6.07) is 11.4. The van der Waals surface area contributed by atoms with Crippen LogP contribution in [0.1, 0.15) is 31.1 Å². The van der Waals surface area contributed by atoms with Gasteiger partial charge in [0.1, 0.15) is 5.54 Å². The molecular weight excluding hydrogens is 346 g/mol. The Morgan fingerprint density at radius 2 is 1.33 bits per heavy atom. The summed E-state index contributed by atoms with van der Waals surface area (Å²) < 4.78 is 27.7. The van der Waals surface area contributed by atoms with Gasteiger partial charge in [0.05, 0.1) is 28.4 Å². The van der Waals surface area contributed by atoms with Crippen molar-refractivity contribution in [2.24, 2.45) is 4.99 Å². The molecule has 0 saturated carbocycles. The Labute approximate surface area is 159 Å². The summed E-state index contributed by atoms with van der Waals surface area (Å²) in [5.74, 6) is 3.21. The van der Waals surface area contributed by atoms with Crippen molar-refractivity contribution in [2.75, 3.05) is 28.4 Å². The largest absolute Gasteiger partial charge is 0.493 e. The maximum absolute atomic E-state index is 6.25. The second-order valence-corrected chi connectivity index (χ2v) is 6.75. The molecule has 1 aliphatic heterocycles. The molecule has 0 amide bonds. The van der Waals surface area contributed by atoms with Gasteiger partial charge in [0.2, 0.25) is 5.90 Å². The highest BCUT2D eigenvalue weighted by molar-refractivity contribution is 5.96. The molecule has 1 aliphatic rings. The maximum Gasteiger partial charge on any atom is 0.217 e. The molecule has 0 saturated heterocycles. The van der Waals surface area contributed by atoms with E-state index >= 15 is 0 Å². The highest BCUT2D eigenvalue weighted by Crippen LogP contribution is 2.42. The van der Waals surface area contributed by atoms with Gasteiger partial charge in [0.15, 0.2) is 29.1 Å². The first-order valence-corrected chi connectivity index (χ1v) is 8.64. The van der Waals surface area contributed by atoms with E-state index in [1.807, 2.05) is 50.2 Å². The normalized spacial score (nSPS) is 17.7. The summed E-state index contributed by atoms with van der Waals surface area (Å²) in [6.07, 6.45) is -0.250. The molecule has 0 radical (unpaired) electrons. The molecule has 2 aromatic rings. The van der Waals surface area contributed by atoms with E-state index in [9.17, 15) is 0 Å². The van der Waals surface area contributed by atoms with Crippen molar-refractivity contribution in [3.05, 3.63) is 47.5 Å². The number of rotatable bonds is 6. The van der Waals surface area contributed by atoms with Crippen LogP contribution in [0, 0.1) is 0 Å². The van der Waals surface area contributed by atoms with Gasteiger partial charge in [-0.05, 0) is 49.7 Å². The van der Waals surface area contributed by atoms with Gasteiger partial charge in [-0.2, -0.15) is 0 Å². The molecule has 0 fully saturated rings. The van der Waals surface area contributed by atoms with E-state index < -0.39 is 5.54 Å². The van der Waals surface area contributed by atoms with Crippen LogP contribution < -0.4 is 18.9 Å². The zero-order valence-corrected chi connectivity index (χ0v) is 16.5. The van der Waals surface area contributed by atoms with Crippen LogP contribution in [0.2, 0.25) is 0 Å². The monoisotopic (exact) mass is 371 g/mol. The lowest BCUT2D eigenvalue weighted by molar-refractivity contribution is 0.157. The Morgan fingerprint density at radius 1 is 0.778 bits per heavy atom. The van der Waals surface area contributed by atoms with E-state index in [1.165, 1.54) is 0 Å². The average molecular weight is 371 g/mol. The summed E-state index contributed by atoms with van der Waals surface area (Å²) in [7, 11) is 6.45. The van der Waals surface area contributed by atoms with Crippen LogP contribution in [0.5, 0.6) is 23.0 Å². The Bertz CT molecular complexity index is 860. The van der Waals surface area contributed by atoms with E-state index in [2.05, 4.69) is 0 Å². The van der Waals surface area contributed by atoms with Gasteiger partial charge in [0.25, 0.3) is 0 Å². The number of methoxy groups -OCH3 is 4. The standard InChI is InChI=1S/C21H25NO5/c1-21(2)19(13-7-9-15(23-3)17(11-13)25-5)27-20(22-21)14-8-10-16(24-4)18(12-14)26-6/h7-12,19H,1-6H3. The van der Waals surface area contributed by atoms with E-state index in [1.54, 1.807) is 28.4 Å². The molecule has 0 aromatic heterocycles. The van der Waals surface area contributed by atoms with Crippen molar-refractivity contribution < 1.29 is 23.7 Å². The zero-order chi connectivity index (χ0) is 19.6. The van der Waals surface area contributed by atoms with Gasteiger partial charge in [0, 0.05) is 5.56 Å². The lowest BCUT2D eigenvalue weighted by atomic mass is 9.92. The van der Waals surface area contributed by atoms with Crippen molar-refractivity contribution in [1.82, 2.24) is 0 Å². The highest BCUT2D eigenvalue weighted by atomic mass is 16.5. The van der Waals surface area contributed by atoms with E-state index in [4.69, 9.17) is 28.7 Å². The van der Waals surface area contributed by atoms with Crippen molar-refractivity contribution >= 4 is 5.90 Å². The summed E-state index contributed by atoms with van der Waals surface area (Å²) in [4.78, 5) is 4.80. The van der Waals surface area contributed by atoms with Crippen LogP contribution in [-0.2, 0) is 4.74 Å². The zero-order valence-electron chi connectivity index (χ0n) is 16.5. The van der Waals surface area contributed by atoms with Crippen molar-refractivity contribution in [1.29, 1.82) is 0 Å². The Hall–Kier alpha value is -2.89. The first kappa shape index (κ1) is 18.9. The third-order valence-electron chi connectivity index (χ3n) is 4.60. The number of hydrogen-bond acceptors (Lipinski definition) is 6. The molecule has 0 spiro atoms. The predicted octanol–water partition coefficient (Wildman–Crippen LogP) is 4.02. The molecule has 6 heteroatoms. The van der Waals surface area contributed by atoms with Crippen LogP contribution in [0.4, 0.5) is 0 Å². The quantitative estimate of drug-likeness (QED) is 0.768. The van der Waals surface area contributed by atoms with E-state index in [0.717, 1.165) is 11.1 Å². The van der Waals surface area contributed by atoms with Crippen LogP contribution >= 0.6 is 0 Å². The molecule has 0 bridgehead atoms. The van der Waals surface area contributed by atoms with Gasteiger partial charge in [-0.15, -0.1) is 0 Å². The SMILES string of the molecule is COc1ccc(C2=NC(C)(C)C(c3ccc(OC)c(OC)c3)O2)cc1OC. The lowest BCUT2D eigenvalue weighted by Gasteiger charge is -2.24. The first-order chi connectivity index (χ1) is 12.9. The second kappa shape index (κ2) is 7.39. The molecule has 0 aliphatic carbocycles. The Balaban J connectivity index is 1.93. The molecule has 0 N–H and O–H groups in total. The van der Waals surface area contributed by atoms with Gasteiger partial charge in [-0.1, -0.05) is 6.07 Å². The van der Waals surface area contributed by atoms with Crippen LogP contribution in [0.25, 0.3) is 0 Å². The first-order valence-electron chi connectivity index (χ1n) is 8.64. The fourth-order valence-corrected chi connectivity index (χ4v) is 3.20. The van der Waals surface area contributed by atoms with Crippen molar-refractivity contribution in [3.63, 3.8) is 0 Å². The summed E-state index contributed by atoms with van der Waals surface area (Å²) >= 11 is 0. The van der Waals surface area contributed by atoms with E-state index in [0.29, 0.717) is 28.9 Å². The lowest BCUT2D eigenvalue weighted by Crippen LogP contribution is -2.23. The van der Waals surface area contributed by atoms with Gasteiger partial charge >= 0.3 is 0 Å². The number of aliphatic imine (C=N–C) groups is 1. The molecule has 3 rings (SSSR count). The molecular formula is C21H25NO5. The second-order valence-electron chi connectivity index (χ2n) is 6.75. The minimum Gasteiger partial charge on any atom is -0.493 e. The van der Waals surface area contributed by atoms with Gasteiger partial charge in [-0.25, -0.2) is 4.99 Å². The molecule has 1 atom stereocenters. The molecule has 1 unspecified atom stereocenters. The summed E-state index contributed by atoms with van der Waals surface area (Å²) in [5, 5.41) is 0.